The van der Waals surface area contributed by atoms with Crippen LogP contribution in [0.25, 0.3) is 0 Å². The van der Waals surface area contributed by atoms with Crippen molar-refractivity contribution in [3.8, 4) is 0 Å². The molecular weight excluding hydrogens is 217 g/mol. The second kappa shape index (κ2) is 4.92. The van der Waals surface area contributed by atoms with Crippen LogP contribution in [0.1, 0.15) is 26.7 Å². The molecule has 0 atom stereocenters. The number of halogens is 3. The summed E-state index contributed by atoms with van der Waals surface area (Å²) in [5.41, 5.74) is -0.122. The van der Waals surface area contributed by atoms with E-state index >= 15 is 0 Å². The molecule has 1 aliphatic carbocycles. The van der Waals surface area contributed by atoms with Crippen molar-refractivity contribution >= 4 is 0 Å². The zero-order valence-corrected chi connectivity index (χ0v) is 10.2. The van der Waals surface area contributed by atoms with Crippen LogP contribution in [0.5, 0.6) is 0 Å². The minimum absolute atomic E-state index is 0.122. The lowest BCUT2D eigenvalue weighted by molar-refractivity contribution is -0.149. The number of alkyl halides is 3. The molecule has 1 fully saturated rings. The van der Waals surface area contributed by atoms with Gasteiger partial charge in [0.2, 0.25) is 0 Å². The standard InChI is InChI=1S/C11H21F3N2/c1-10(2,6-15-3)7-16(9-4-5-9)8-11(12,13)14/h9,15H,4-8H2,1-3H3. The van der Waals surface area contributed by atoms with E-state index in [2.05, 4.69) is 5.32 Å². The molecule has 96 valence electrons. The second-order valence-corrected chi connectivity index (χ2v) is 5.45. The zero-order valence-electron chi connectivity index (χ0n) is 10.2. The maximum atomic E-state index is 12.4. The number of hydrogen-bond acceptors (Lipinski definition) is 2. The van der Waals surface area contributed by atoms with Gasteiger partial charge in [-0.1, -0.05) is 13.8 Å². The SMILES string of the molecule is CNCC(C)(C)CN(CC(F)(F)F)C1CC1. The fourth-order valence-electron chi connectivity index (χ4n) is 2.07. The van der Waals surface area contributed by atoms with Gasteiger partial charge < -0.3 is 5.32 Å². The van der Waals surface area contributed by atoms with E-state index in [4.69, 9.17) is 0 Å². The third-order valence-electron chi connectivity index (χ3n) is 2.73. The Balaban J connectivity index is 2.51. The van der Waals surface area contributed by atoms with Gasteiger partial charge in [0.15, 0.2) is 0 Å². The molecule has 16 heavy (non-hydrogen) atoms. The van der Waals surface area contributed by atoms with Crippen molar-refractivity contribution < 1.29 is 13.2 Å². The van der Waals surface area contributed by atoms with E-state index in [-0.39, 0.29) is 11.5 Å². The summed E-state index contributed by atoms with van der Waals surface area (Å²) in [5, 5.41) is 3.03. The second-order valence-electron chi connectivity index (χ2n) is 5.45. The molecule has 0 radical (unpaired) electrons. The molecule has 0 aliphatic heterocycles. The summed E-state index contributed by atoms with van der Waals surface area (Å²) in [6.45, 7) is 4.45. The monoisotopic (exact) mass is 238 g/mol. The van der Waals surface area contributed by atoms with E-state index in [1.807, 2.05) is 20.9 Å². The highest BCUT2D eigenvalue weighted by Gasteiger charge is 2.39. The van der Waals surface area contributed by atoms with Gasteiger partial charge in [-0.15, -0.1) is 0 Å². The van der Waals surface area contributed by atoms with Crippen LogP contribution in [0, 0.1) is 5.41 Å². The molecular formula is C11H21F3N2. The molecule has 1 aliphatic rings. The first-order valence-corrected chi connectivity index (χ1v) is 5.69. The predicted molar refractivity (Wildman–Crippen MR) is 58.4 cm³/mol. The van der Waals surface area contributed by atoms with Gasteiger partial charge in [-0.3, -0.25) is 4.90 Å². The van der Waals surface area contributed by atoms with Crippen LogP contribution in [-0.2, 0) is 0 Å². The van der Waals surface area contributed by atoms with Gasteiger partial charge in [0, 0.05) is 19.1 Å². The van der Waals surface area contributed by atoms with Crippen molar-refractivity contribution in [2.24, 2.45) is 5.41 Å². The van der Waals surface area contributed by atoms with E-state index in [0.717, 1.165) is 19.4 Å². The van der Waals surface area contributed by atoms with Gasteiger partial charge in [0.1, 0.15) is 0 Å². The Bertz CT molecular complexity index is 222. The Morgan fingerprint density at radius 1 is 1.19 bits per heavy atom. The normalized spacial score (nSPS) is 18.2. The van der Waals surface area contributed by atoms with Crippen LogP contribution in [-0.4, -0.2) is 43.8 Å². The van der Waals surface area contributed by atoms with Crippen molar-refractivity contribution in [1.82, 2.24) is 10.2 Å². The molecule has 0 aromatic carbocycles. The molecule has 0 saturated heterocycles. The summed E-state index contributed by atoms with van der Waals surface area (Å²) >= 11 is 0. The van der Waals surface area contributed by atoms with Crippen molar-refractivity contribution in [2.75, 3.05) is 26.7 Å². The first kappa shape index (κ1) is 13.8. The van der Waals surface area contributed by atoms with Gasteiger partial charge in [-0.05, 0) is 25.3 Å². The lowest BCUT2D eigenvalue weighted by Gasteiger charge is -2.33. The zero-order chi connectivity index (χ0) is 12.4. The summed E-state index contributed by atoms with van der Waals surface area (Å²) in [5.74, 6) is 0. The molecule has 0 amide bonds. The van der Waals surface area contributed by atoms with Gasteiger partial charge in [-0.25, -0.2) is 0 Å². The molecule has 0 spiro atoms. The summed E-state index contributed by atoms with van der Waals surface area (Å²) in [6.07, 6.45) is -2.27. The first-order chi connectivity index (χ1) is 7.23. The Hall–Kier alpha value is -0.290. The summed E-state index contributed by atoms with van der Waals surface area (Å²) < 4.78 is 37.2. The van der Waals surface area contributed by atoms with Gasteiger partial charge >= 0.3 is 6.18 Å². The maximum Gasteiger partial charge on any atom is 0.401 e. The third-order valence-corrected chi connectivity index (χ3v) is 2.73. The maximum absolute atomic E-state index is 12.4. The topological polar surface area (TPSA) is 15.3 Å². The van der Waals surface area contributed by atoms with Crippen LogP contribution >= 0.6 is 0 Å². The van der Waals surface area contributed by atoms with E-state index in [0.29, 0.717) is 6.54 Å². The average molecular weight is 238 g/mol. The first-order valence-electron chi connectivity index (χ1n) is 5.69. The molecule has 2 nitrogen and oxygen atoms in total. The van der Waals surface area contributed by atoms with Gasteiger partial charge in [0.25, 0.3) is 0 Å². The summed E-state index contributed by atoms with van der Waals surface area (Å²) in [4.78, 5) is 1.58. The molecule has 0 unspecified atom stereocenters. The van der Waals surface area contributed by atoms with Gasteiger partial charge in [0.05, 0.1) is 6.54 Å². The number of nitrogens with zero attached hydrogens (tertiary/aromatic N) is 1. The smallest absolute Gasteiger partial charge is 0.319 e. The number of nitrogens with one attached hydrogen (secondary N) is 1. The fourth-order valence-corrected chi connectivity index (χ4v) is 2.07. The third kappa shape index (κ3) is 5.16. The molecule has 1 saturated carbocycles. The molecule has 0 bridgehead atoms. The largest absolute Gasteiger partial charge is 0.401 e. The predicted octanol–water partition coefficient (Wildman–Crippen LogP) is 2.26. The van der Waals surface area contributed by atoms with E-state index in [9.17, 15) is 13.2 Å². The fraction of sp³-hybridized carbons (Fsp3) is 1.00. The lowest BCUT2D eigenvalue weighted by atomic mass is 9.92. The number of rotatable bonds is 6. The highest BCUT2D eigenvalue weighted by molar-refractivity contribution is 4.89. The van der Waals surface area contributed by atoms with E-state index in [1.54, 1.807) is 4.90 Å². The van der Waals surface area contributed by atoms with Crippen LogP contribution in [0.3, 0.4) is 0 Å². The number of hydrogen-bond donors (Lipinski definition) is 1. The van der Waals surface area contributed by atoms with Crippen LogP contribution in [0.2, 0.25) is 0 Å². The Morgan fingerprint density at radius 3 is 2.12 bits per heavy atom. The molecule has 0 aromatic heterocycles. The van der Waals surface area contributed by atoms with Gasteiger partial charge in [-0.2, -0.15) is 13.2 Å². The Morgan fingerprint density at radius 2 is 1.75 bits per heavy atom. The summed E-state index contributed by atoms with van der Waals surface area (Å²) in [7, 11) is 1.83. The highest BCUT2D eigenvalue weighted by Crippen LogP contribution is 2.32. The highest BCUT2D eigenvalue weighted by atomic mass is 19.4. The lowest BCUT2D eigenvalue weighted by Crippen LogP contribution is -2.44. The molecule has 1 rings (SSSR count). The summed E-state index contributed by atoms with van der Waals surface area (Å²) in [6, 6.07) is 0.151. The molecule has 5 heteroatoms. The minimum atomic E-state index is -4.09. The Labute approximate surface area is 95.2 Å². The van der Waals surface area contributed by atoms with Crippen molar-refractivity contribution in [3.05, 3.63) is 0 Å². The molecule has 0 aromatic rings. The van der Waals surface area contributed by atoms with Crippen LogP contribution in [0.4, 0.5) is 13.2 Å². The van der Waals surface area contributed by atoms with Crippen molar-refractivity contribution in [1.29, 1.82) is 0 Å². The molecule has 1 N–H and O–H groups in total. The average Bonchev–Trinajstić information content (AvgIpc) is 2.80. The Kier molecular flexibility index (Phi) is 4.23. The van der Waals surface area contributed by atoms with Crippen LogP contribution < -0.4 is 5.32 Å². The van der Waals surface area contributed by atoms with E-state index < -0.39 is 12.7 Å². The quantitative estimate of drug-likeness (QED) is 0.763. The van der Waals surface area contributed by atoms with Crippen molar-refractivity contribution in [3.63, 3.8) is 0 Å². The molecule has 0 heterocycles. The van der Waals surface area contributed by atoms with Crippen molar-refractivity contribution in [2.45, 2.75) is 38.9 Å². The minimum Gasteiger partial charge on any atom is -0.319 e. The van der Waals surface area contributed by atoms with Crippen LogP contribution in [0.15, 0.2) is 0 Å². The van der Waals surface area contributed by atoms with E-state index in [1.165, 1.54) is 0 Å².